The Labute approximate surface area is 66.6 Å². The summed E-state index contributed by atoms with van der Waals surface area (Å²) in [6.07, 6.45) is 2.01. The van der Waals surface area contributed by atoms with E-state index < -0.39 is 0 Å². The Balaban J connectivity index is 0. The number of hydrogen-bond donors (Lipinski definition) is 0. The molecular formula is C4H9ClNa. The molecule has 0 saturated heterocycles. The van der Waals surface area contributed by atoms with Crippen LogP contribution in [0.4, 0.5) is 0 Å². The summed E-state index contributed by atoms with van der Waals surface area (Å²) in [5.74, 6) is 0.753. The maximum absolute atomic E-state index is 5.26. The third-order valence-corrected chi connectivity index (χ3v) is 0.651. The summed E-state index contributed by atoms with van der Waals surface area (Å²) in [5, 5.41) is 0. The Morgan fingerprint density at radius 2 is 2.00 bits per heavy atom. The summed E-state index contributed by atoms with van der Waals surface area (Å²) in [4.78, 5) is 0. The molecule has 0 aromatic rings. The molecule has 0 N–H and O–H groups in total. The summed E-state index contributed by atoms with van der Waals surface area (Å²) in [5.41, 5.74) is 0. The van der Waals surface area contributed by atoms with Crippen molar-refractivity contribution in [2.45, 2.75) is 12.8 Å². The summed E-state index contributed by atoms with van der Waals surface area (Å²) in [7, 11) is 0. The number of alkyl halides is 1. The first kappa shape index (κ1) is 10.3. The molecule has 0 unspecified atom stereocenters. The average Bonchev–Trinajstić information content (AvgIpc) is 1.41. The Morgan fingerprint density at radius 3 is 2.00 bits per heavy atom. The second-order valence-electron chi connectivity index (χ2n) is 0.896. The predicted molar refractivity (Wildman–Crippen MR) is 32.5 cm³/mol. The Morgan fingerprint density at radius 1 is 1.50 bits per heavy atom. The summed E-state index contributed by atoms with van der Waals surface area (Å²) in [6, 6.07) is 0. The van der Waals surface area contributed by atoms with Gasteiger partial charge in [-0.1, -0.05) is 13.3 Å². The zero-order chi connectivity index (χ0) is 4.12. The van der Waals surface area contributed by atoms with Crippen LogP contribution in [0.2, 0.25) is 0 Å². The molecule has 0 fully saturated rings. The van der Waals surface area contributed by atoms with Crippen LogP contribution in [0.5, 0.6) is 0 Å². The van der Waals surface area contributed by atoms with Crippen molar-refractivity contribution >= 4 is 41.2 Å². The first-order valence-corrected chi connectivity index (χ1v) is 2.30. The standard InChI is InChI=1S/C4H8Cl.Na.H/c1-2-3-4-5;;/h1-4H2;;. The van der Waals surface area contributed by atoms with Crippen LogP contribution in [-0.2, 0) is 0 Å². The van der Waals surface area contributed by atoms with E-state index >= 15 is 0 Å². The third-order valence-electron chi connectivity index (χ3n) is 0.384. The molecule has 0 heterocycles. The predicted octanol–water partition coefficient (Wildman–Crippen LogP) is 1.19. The van der Waals surface area contributed by atoms with Gasteiger partial charge in [0.05, 0.1) is 0 Å². The van der Waals surface area contributed by atoms with E-state index in [1.807, 2.05) is 0 Å². The van der Waals surface area contributed by atoms with Crippen molar-refractivity contribution < 1.29 is 0 Å². The van der Waals surface area contributed by atoms with Gasteiger partial charge in [-0.05, 0) is 6.42 Å². The van der Waals surface area contributed by atoms with Gasteiger partial charge in [-0.3, -0.25) is 0 Å². The summed E-state index contributed by atoms with van der Waals surface area (Å²) in [6.45, 7) is 3.59. The van der Waals surface area contributed by atoms with Gasteiger partial charge in [0.1, 0.15) is 0 Å². The molecular weight excluding hydrogens is 106 g/mol. The Bertz CT molecular complexity index is 15.0. The van der Waals surface area contributed by atoms with Crippen LogP contribution in [0.3, 0.4) is 0 Å². The van der Waals surface area contributed by atoms with E-state index in [4.69, 9.17) is 11.6 Å². The number of unbranched alkanes of at least 4 members (excludes halogenated alkanes) is 1. The molecule has 0 aliphatic rings. The minimum absolute atomic E-state index is 0. The minimum atomic E-state index is 0. The molecule has 1 radical (unpaired) electrons. The third kappa shape index (κ3) is 8.99. The van der Waals surface area contributed by atoms with Crippen molar-refractivity contribution in [1.29, 1.82) is 0 Å². The van der Waals surface area contributed by atoms with Gasteiger partial charge in [0.15, 0.2) is 0 Å². The molecule has 0 aromatic heterocycles. The molecule has 0 aliphatic carbocycles. The molecule has 0 atom stereocenters. The number of halogens is 1. The van der Waals surface area contributed by atoms with Gasteiger partial charge in [-0.2, -0.15) is 0 Å². The molecule has 0 bridgehead atoms. The van der Waals surface area contributed by atoms with Gasteiger partial charge in [-0.15, -0.1) is 11.6 Å². The molecule has 0 nitrogen and oxygen atoms in total. The SMILES string of the molecule is [CH2]CCCCl.[NaH]. The molecule has 0 aromatic carbocycles. The molecule has 0 spiro atoms. The number of rotatable bonds is 2. The van der Waals surface area contributed by atoms with Crippen LogP contribution in [-0.4, -0.2) is 35.4 Å². The second-order valence-corrected chi connectivity index (χ2v) is 1.27. The molecule has 0 rings (SSSR count). The molecule has 0 aliphatic heterocycles. The van der Waals surface area contributed by atoms with E-state index in [1.54, 1.807) is 0 Å². The Kier molecular flexibility index (Phi) is 16.4. The fraction of sp³-hybridized carbons (Fsp3) is 0.750. The molecule has 2 heteroatoms. The van der Waals surface area contributed by atoms with Crippen LogP contribution in [0, 0.1) is 6.92 Å². The zero-order valence-electron chi connectivity index (χ0n) is 3.21. The first-order chi connectivity index (χ1) is 2.41. The van der Waals surface area contributed by atoms with Crippen molar-refractivity contribution in [2.24, 2.45) is 0 Å². The van der Waals surface area contributed by atoms with Crippen molar-refractivity contribution in [3.05, 3.63) is 6.92 Å². The van der Waals surface area contributed by atoms with Crippen LogP contribution in [0.15, 0.2) is 0 Å². The van der Waals surface area contributed by atoms with Crippen LogP contribution in [0.1, 0.15) is 12.8 Å². The topological polar surface area (TPSA) is 0 Å². The van der Waals surface area contributed by atoms with E-state index in [0.717, 1.165) is 18.7 Å². The van der Waals surface area contributed by atoms with Gasteiger partial charge < -0.3 is 0 Å². The quantitative estimate of drug-likeness (QED) is 0.375. The second kappa shape index (κ2) is 9.56. The van der Waals surface area contributed by atoms with E-state index in [0.29, 0.717) is 0 Å². The first-order valence-electron chi connectivity index (χ1n) is 1.77. The van der Waals surface area contributed by atoms with Gasteiger partial charge in [0.25, 0.3) is 0 Å². The normalized spacial score (nSPS) is 7.00. The van der Waals surface area contributed by atoms with E-state index in [2.05, 4.69) is 6.92 Å². The number of hydrogen-bond acceptors (Lipinski definition) is 0. The molecule has 0 amide bonds. The maximum atomic E-state index is 5.26. The van der Waals surface area contributed by atoms with Gasteiger partial charge in [0.2, 0.25) is 0 Å². The van der Waals surface area contributed by atoms with Crippen molar-refractivity contribution in [2.75, 3.05) is 5.88 Å². The summed E-state index contributed by atoms with van der Waals surface area (Å²) >= 11 is 5.26. The van der Waals surface area contributed by atoms with Crippen LogP contribution < -0.4 is 0 Å². The van der Waals surface area contributed by atoms with Gasteiger partial charge in [-0.25, -0.2) is 0 Å². The molecule has 0 saturated carbocycles. The van der Waals surface area contributed by atoms with Crippen LogP contribution >= 0.6 is 11.6 Å². The molecule has 6 heavy (non-hydrogen) atoms. The van der Waals surface area contributed by atoms with Crippen molar-refractivity contribution in [3.8, 4) is 0 Å². The van der Waals surface area contributed by atoms with E-state index in [1.165, 1.54) is 0 Å². The van der Waals surface area contributed by atoms with E-state index in [9.17, 15) is 0 Å². The van der Waals surface area contributed by atoms with Crippen molar-refractivity contribution in [1.82, 2.24) is 0 Å². The van der Waals surface area contributed by atoms with Gasteiger partial charge in [0, 0.05) is 5.88 Å². The van der Waals surface area contributed by atoms with Gasteiger partial charge >= 0.3 is 29.6 Å². The zero-order valence-corrected chi connectivity index (χ0v) is 3.96. The molecule has 33 valence electrons. The summed E-state index contributed by atoms with van der Waals surface area (Å²) < 4.78 is 0. The van der Waals surface area contributed by atoms with Crippen molar-refractivity contribution in [3.63, 3.8) is 0 Å². The fourth-order valence-electron chi connectivity index (χ4n) is 0.0945. The van der Waals surface area contributed by atoms with E-state index in [-0.39, 0.29) is 29.6 Å². The monoisotopic (exact) mass is 115 g/mol. The average molecular weight is 116 g/mol. The fourth-order valence-corrected chi connectivity index (χ4v) is 0.283. The Hall–Kier alpha value is 1.29. The van der Waals surface area contributed by atoms with Crippen LogP contribution in [0.25, 0.3) is 0 Å².